The highest BCUT2D eigenvalue weighted by molar-refractivity contribution is 6.30. The lowest BCUT2D eigenvalue weighted by atomic mass is 10.0. The largest absolute Gasteiger partial charge is 0.481 e. The van der Waals surface area contributed by atoms with E-state index in [1.54, 1.807) is 19.2 Å². The zero-order chi connectivity index (χ0) is 15.4. The monoisotopic (exact) mass is 310 g/mol. The molecule has 1 aliphatic carbocycles. The summed E-state index contributed by atoms with van der Waals surface area (Å²) in [5.74, 6) is -1.32. The standard InChI is InChI=1S/C15H19ClN2O3/c1-18(9-10-4-2-5-11(16)8-10)15(21)17-13-7-3-6-12(13)14(19)20/h2,4-5,8,12-13H,3,6-7,9H2,1H3,(H,17,21)(H,19,20). The van der Waals surface area contributed by atoms with Crippen molar-refractivity contribution < 1.29 is 14.7 Å². The van der Waals surface area contributed by atoms with Gasteiger partial charge in [0.05, 0.1) is 5.92 Å². The van der Waals surface area contributed by atoms with Gasteiger partial charge >= 0.3 is 12.0 Å². The molecule has 1 aliphatic rings. The highest BCUT2D eigenvalue weighted by Gasteiger charge is 2.34. The van der Waals surface area contributed by atoms with Crippen molar-refractivity contribution >= 4 is 23.6 Å². The van der Waals surface area contributed by atoms with E-state index in [0.717, 1.165) is 12.0 Å². The van der Waals surface area contributed by atoms with Crippen molar-refractivity contribution in [3.8, 4) is 0 Å². The van der Waals surface area contributed by atoms with Crippen LogP contribution in [0.5, 0.6) is 0 Å². The van der Waals surface area contributed by atoms with Crippen LogP contribution in [0.15, 0.2) is 24.3 Å². The molecule has 114 valence electrons. The summed E-state index contributed by atoms with van der Waals surface area (Å²) in [6.45, 7) is 0.427. The first-order valence-corrected chi connectivity index (χ1v) is 7.34. The van der Waals surface area contributed by atoms with E-state index >= 15 is 0 Å². The van der Waals surface area contributed by atoms with Crippen LogP contribution in [0.25, 0.3) is 0 Å². The number of hydrogen-bond acceptors (Lipinski definition) is 2. The summed E-state index contributed by atoms with van der Waals surface area (Å²) in [5.41, 5.74) is 0.932. The third-order valence-electron chi connectivity index (χ3n) is 3.80. The van der Waals surface area contributed by atoms with E-state index in [9.17, 15) is 9.59 Å². The van der Waals surface area contributed by atoms with Gasteiger partial charge < -0.3 is 15.3 Å². The number of halogens is 1. The Hall–Kier alpha value is -1.75. The van der Waals surface area contributed by atoms with Crippen LogP contribution < -0.4 is 5.32 Å². The molecule has 0 aromatic heterocycles. The molecule has 2 amide bonds. The van der Waals surface area contributed by atoms with Crippen LogP contribution in [0, 0.1) is 5.92 Å². The van der Waals surface area contributed by atoms with E-state index < -0.39 is 11.9 Å². The second-order valence-corrected chi connectivity index (χ2v) is 5.85. The molecule has 1 fully saturated rings. The summed E-state index contributed by atoms with van der Waals surface area (Å²) < 4.78 is 0. The lowest BCUT2D eigenvalue weighted by molar-refractivity contribution is -0.142. The molecular formula is C15H19ClN2O3. The lowest BCUT2D eigenvalue weighted by Gasteiger charge is -2.23. The minimum atomic E-state index is -0.838. The average Bonchev–Trinajstić information content (AvgIpc) is 2.87. The molecule has 2 atom stereocenters. The number of amides is 2. The van der Waals surface area contributed by atoms with Crippen LogP contribution in [-0.4, -0.2) is 35.1 Å². The van der Waals surface area contributed by atoms with Crippen LogP contribution in [-0.2, 0) is 11.3 Å². The van der Waals surface area contributed by atoms with E-state index in [2.05, 4.69) is 5.32 Å². The number of carbonyl (C=O) groups excluding carboxylic acids is 1. The molecule has 0 aliphatic heterocycles. The molecule has 1 aromatic rings. The first-order valence-electron chi connectivity index (χ1n) is 6.96. The average molecular weight is 311 g/mol. The zero-order valence-corrected chi connectivity index (χ0v) is 12.6. The summed E-state index contributed by atoms with van der Waals surface area (Å²) in [4.78, 5) is 24.8. The van der Waals surface area contributed by atoms with Gasteiger partial charge in [0.25, 0.3) is 0 Å². The van der Waals surface area contributed by atoms with Crippen molar-refractivity contribution in [1.82, 2.24) is 10.2 Å². The van der Waals surface area contributed by atoms with E-state index in [-0.39, 0.29) is 12.1 Å². The molecule has 2 unspecified atom stereocenters. The molecule has 2 rings (SSSR count). The highest BCUT2D eigenvalue weighted by Crippen LogP contribution is 2.26. The minimum absolute atomic E-state index is 0.256. The first-order chi connectivity index (χ1) is 9.97. The first kappa shape index (κ1) is 15.6. The Morgan fingerprint density at radius 2 is 2.19 bits per heavy atom. The number of aliphatic carboxylic acids is 1. The van der Waals surface area contributed by atoms with Crippen molar-refractivity contribution in [3.05, 3.63) is 34.9 Å². The van der Waals surface area contributed by atoms with Gasteiger partial charge in [0.1, 0.15) is 0 Å². The normalized spacial score (nSPS) is 21.0. The Balaban J connectivity index is 1.92. The number of nitrogens with one attached hydrogen (secondary N) is 1. The highest BCUT2D eigenvalue weighted by atomic mass is 35.5. The number of benzene rings is 1. The van der Waals surface area contributed by atoms with Gasteiger partial charge in [-0.2, -0.15) is 0 Å². The fourth-order valence-electron chi connectivity index (χ4n) is 2.68. The number of carbonyl (C=O) groups is 2. The summed E-state index contributed by atoms with van der Waals surface area (Å²) in [6, 6.07) is 6.78. The maximum absolute atomic E-state index is 12.1. The van der Waals surface area contributed by atoms with Gasteiger partial charge in [-0.05, 0) is 30.5 Å². The predicted molar refractivity (Wildman–Crippen MR) is 80.2 cm³/mol. The quantitative estimate of drug-likeness (QED) is 0.898. The van der Waals surface area contributed by atoms with Crippen molar-refractivity contribution in [3.63, 3.8) is 0 Å². The van der Waals surface area contributed by atoms with Gasteiger partial charge in [-0.3, -0.25) is 4.79 Å². The summed E-state index contributed by atoms with van der Waals surface area (Å²) >= 11 is 5.91. The Kier molecular flexibility index (Phi) is 5.07. The summed E-state index contributed by atoms with van der Waals surface area (Å²) in [6.07, 6.45) is 2.17. The fraction of sp³-hybridized carbons (Fsp3) is 0.467. The van der Waals surface area contributed by atoms with E-state index in [1.807, 2.05) is 12.1 Å². The molecular weight excluding hydrogens is 292 g/mol. The Morgan fingerprint density at radius 1 is 1.43 bits per heavy atom. The Labute approximate surface area is 128 Å². The zero-order valence-electron chi connectivity index (χ0n) is 11.9. The molecule has 0 saturated heterocycles. The molecule has 6 heteroatoms. The number of carboxylic acid groups (broad SMARTS) is 1. The second-order valence-electron chi connectivity index (χ2n) is 5.42. The molecule has 21 heavy (non-hydrogen) atoms. The topological polar surface area (TPSA) is 69.6 Å². The molecule has 1 aromatic carbocycles. The minimum Gasteiger partial charge on any atom is -0.481 e. The molecule has 5 nitrogen and oxygen atoms in total. The third-order valence-corrected chi connectivity index (χ3v) is 4.03. The third kappa shape index (κ3) is 4.11. The SMILES string of the molecule is CN(Cc1cccc(Cl)c1)C(=O)NC1CCCC1C(=O)O. The van der Waals surface area contributed by atoms with Gasteiger partial charge in [0, 0.05) is 24.7 Å². The van der Waals surface area contributed by atoms with Crippen LogP contribution in [0.3, 0.4) is 0 Å². The fourth-order valence-corrected chi connectivity index (χ4v) is 2.89. The number of hydrogen-bond donors (Lipinski definition) is 2. The van der Waals surface area contributed by atoms with Gasteiger partial charge in [-0.15, -0.1) is 0 Å². The van der Waals surface area contributed by atoms with Gasteiger partial charge in [-0.25, -0.2) is 4.79 Å². The predicted octanol–water partition coefficient (Wildman–Crippen LogP) is 2.73. The Morgan fingerprint density at radius 3 is 2.86 bits per heavy atom. The number of rotatable bonds is 4. The van der Waals surface area contributed by atoms with E-state index in [0.29, 0.717) is 24.4 Å². The van der Waals surface area contributed by atoms with Crippen LogP contribution in [0.2, 0.25) is 5.02 Å². The van der Waals surface area contributed by atoms with Gasteiger partial charge in [0.15, 0.2) is 0 Å². The Bertz CT molecular complexity index is 535. The van der Waals surface area contributed by atoms with Crippen LogP contribution in [0.1, 0.15) is 24.8 Å². The smallest absolute Gasteiger partial charge is 0.317 e. The molecule has 0 spiro atoms. The molecule has 0 bridgehead atoms. The molecule has 0 radical (unpaired) electrons. The van der Waals surface area contributed by atoms with Crippen molar-refractivity contribution in [1.29, 1.82) is 0 Å². The number of nitrogens with zero attached hydrogens (tertiary/aromatic N) is 1. The molecule has 2 N–H and O–H groups in total. The van der Waals surface area contributed by atoms with Crippen molar-refractivity contribution in [2.24, 2.45) is 5.92 Å². The summed E-state index contributed by atoms with van der Waals surface area (Å²) in [7, 11) is 1.68. The van der Waals surface area contributed by atoms with E-state index in [4.69, 9.17) is 16.7 Å². The maximum atomic E-state index is 12.1. The maximum Gasteiger partial charge on any atom is 0.317 e. The number of urea groups is 1. The van der Waals surface area contributed by atoms with Crippen molar-refractivity contribution in [2.45, 2.75) is 31.8 Å². The van der Waals surface area contributed by atoms with Gasteiger partial charge in [-0.1, -0.05) is 30.2 Å². The summed E-state index contributed by atoms with van der Waals surface area (Å²) in [5, 5.41) is 12.6. The van der Waals surface area contributed by atoms with E-state index in [1.165, 1.54) is 4.90 Å². The number of carboxylic acids is 1. The van der Waals surface area contributed by atoms with Crippen LogP contribution >= 0.6 is 11.6 Å². The van der Waals surface area contributed by atoms with Gasteiger partial charge in [0.2, 0.25) is 0 Å². The van der Waals surface area contributed by atoms with Crippen molar-refractivity contribution in [2.75, 3.05) is 7.05 Å². The molecule has 1 saturated carbocycles. The molecule has 0 heterocycles. The lowest BCUT2D eigenvalue weighted by Crippen LogP contribution is -2.45. The second kappa shape index (κ2) is 6.80. The van der Waals surface area contributed by atoms with Crippen LogP contribution in [0.4, 0.5) is 4.79 Å².